The Morgan fingerprint density at radius 2 is 2.53 bits per heavy atom. The van der Waals surface area contributed by atoms with Crippen molar-refractivity contribution >= 4 is 28.8 Å². The van der Waals surface area contributed by atoms with E-state index in [0.29, 0.717) is 13.1 Å². The molecule has 1 heterocycles. The van der Waals surface area contributed by atoms with E-state index in [1.54, 1.807) is 29.2 Å². The van der Waals surface area contributed by atoms with Crippen LogP contribution in [-0.2, 0) is 11.3 Å². The topological polar surface area (TPSA) is 20.3 Å². The Balaban J connectivity index is 2.66. The lowest BCUT2D eigenvalue weighted by Crippen LogP contribution is -2.35. The van der Waals surface area contributed by atoms with Crippen molar-refractivity contribution in [1.29, 1.82) is 0 Å². The van der Waals surface area contributed by atoms with Crippen LogP contribution in [0.25, 0.3) is 0 Å². The van der Waals surface area contributed by atoms with Gasteiger partial charge >= 0.3 is 0 Å². The highest BCUT2D eigenvalue weighted by atomic mass is 35.5. The van der Waals surface area contributed by atoms with Crippen LogP contribution in [0.2, 0.25) is 0 Å². The van der Waals surface area contributed by atoms with Crippen molar-refractivity contribution in [3.63, 3.8) is 0 Å². The van der Waals surface area contributed by atoms with Crippen LogP contribution in [0.1, 0.15) is 11.8 Å². The van der Waals surface area contributed by atoms with Crippen LogP contribution in [-0.4, -0.2) is 22.7 Å². The van der Waals surface area contributed by atoms with E-state index in [0.717, 1.165) is 4.88 Å². The lowest BCUT2D eigenvalue weighted by Gasteiger charge is -2.21. The molecular formula is C11H14ClNOS. The van der Waals surface area contributed by atoms with Gasteiger partial charge in [-0.15, -0.1) is 29.5 Å². The summed E-state index contributed by atoms with van der Waals surface area (Å²) in [6.07, 6.45) is 1.71. The first kappa shape index (κ1) is 12.3. The number of hydrogen-bond acceptors (Lipinski definition) is 2. The van der Waals surface area contributed by atoms with Crippen molar-refractivity contribution in [3.8, 4) is 0 Å². The fraction of sp³-hybridized carbons (Fsp3) is 0.364. The summed E-state index contributed by atoms with van der Waals surface area (Å²) in [4.78, 5) is 14.6. The third-order valence-corrected chi connectivity index (χ3v) is 2.98. The SMILES string of the molecule is C=CCN(Cc1cccs1)C(=O)[C@@H](C)Cl. The molecule has 0 aliphatic heterocycles. The van der Waals surface area contributed by atoms with Gasteiger partial charge in [0.2, 0.25) is 5.91 Å². The third-order valence-electron chi connectivity index (χ3n) is 1.93. The van der Waals surface area contributed by atoms with Gasteiger partial charge in [0.25, 0.3) is 0 Å². The number of rotatable bonds is 5. The standard InChI is InChI=1S/C11H14ClNOS/c1-3-6-13(11(14)9(2)12)8-10-5-4-7-15-10/h3-5,7,9H,1,6,8H2,2H3/t9-/m1/s1. The lowest BCUT2D eigenvalue weighted by molar-refractivity contribution is -0.130. The number of alkyl halides is 1. The zero-order valence-electron chi connectivity index (χ0n) is 8.65. The van der Waals surface area contributed by atoms with Crippen molar-refractivity contribution in [2.45, 2.75) is 18.8 Å². The zero-order chi connectivity index (χ0) is 11.3. The quantitative estimate of drug-likeness (QED) is 0.575. The van der Waals surface area contributed by atoms with Crippen molar-refractivity contribution < 1.29 is 4.79 Å². The Hall–Kier alpha value is -0.800. The smallest absolute Gasteiger partial charge is 0.240 e. The van der Waals surface area contributed by atoms with E-state index < -0.39 is 5.38 Å². The van der Waals surface area contributed by atoms with E-state index in [4.69, 9.17) is 11.6 Å². The Morgan fingerprint density at radius 1 is 1.80 bits per heavy atom. The van der Waals surface area contributed by atoms with Gasteiger partial charge in [0, 0.05) is 11.4 Å². The van der Waals surface area contributed by atoms with Crippen molar-refractivity contribution in [2.24, 2.45) is 0 Å². The normalized spacial score (nSPS) is 12.1. The summed E-state index contributed by atoms with van der Waals surface area (Å²) in [7, 11) is 0. The number of amides is 1. The summed E-state index contributed by atoms with van der Waals surface area (Å²) in [6.45, 7) is 6.47. The van der Waals surface area contributed by atoms with Crippen LogP contribution in [0.15, 0.2) is 30.2 Å². The second-order valence-corrected chi connectivity index (χ2v) is 4.89. The van der Waals surface area contributed by atoms with E-state index in [9.17, 15) is 4.79 Å². The molecular weight excluding hydrogens is 230 g/mol. The van der Waals surface area contributed by atoms with E-state index in [1.165, 1.54) is 0 Å². The van der Waals surface area contributed by atoms with Gasteiger partial charge in [-0.2, -0.15) is 0 Å². The summed E-state index contributed by atoms with van der Waals surface area (Å²) >= 11 is 7.41. The van der Waals surface area contributed by atoms with Crippen LogP contribution >= 0.6 is 22.9 Å². The van der Waals surface area contributed by atoms with Gasteiger partial charge in [-0.3, -0.25) is 4.79 Å². The predicted molar refractivity (Wildman–Crippen MR) is 65.2 cm³/mol. The minimum atomic E-state index is -0.482. The van der Waals surface area contributed by atoms with E-state index >= 15 is 0 Å². The predicted octanol–water partition coefficient (Wildman–Crippen LogP) is 2.89. The third kappa shape index (κ3) is 3.68. The molecule has 0 unspecified atom stereocenters. The second-order valence-electron chi connectivity index (χ2n) is 3.20. The molecule has 1 rings (SSSR count). The molecule has 1 aromatic heterocycles. The average molecular weight is 244 g/mol. The van der Waals surface area contributed by atoms with Gasteiger partial charge in [-0.25, -0.2) is 0 Å². The van der Waals surface area contributed by atoms with Crippen molar-refractivity contribution in [2.75, 3.05) is 6.54 Å². The zero-order valence-corrected chi connectivity index (χ0v) is 10.2. The molecule has 0 saturated carbocycles. The van der Waals surface area contributed by atoms with Gasteiger partial charge in [-0.05, 0) is 18.4 Å². The minimum absolute atomic E-state index is 0.0510. The summed E-state index contributed by atoms with van der Waals surface area (Å²) in [6, 6.07) is 3.98. The van der Waals surface area contributed by atoms with Gasteiger partial charge in [0.1, 0.15) is 5.38 Å². The number of hydrogen-bond donors (Lipinski definition) is 0. The van der Waals surface area contributed by atoms with E-state index in [-0.39, 0.29) is 5.91 Å². The number of thiophene rings is 1. The molecule has 0 fully saturated rings. The molecule has 4 heteroatoms. The van der Waals surface area contributed by atoms with Gasteiger partial charge in [0.05, 0.1) is 6.54 Å². The maximum Gasteiger partial charge on any atom is 0.240 e. The largest absolute Gasteiger partial charge is 0.333 e. The molecule has 0 N–H and O–H groups in total. The molecule has 0 aliphatic rings. The van der Waals surface area contributed by atoms with Crippen molar-refractivity contribution in [3.05, 3.63) is 35.0 Å². The molecule has 0 radical (unpaired) electrons. The number of nitrogens with zero attached hydrogens (tertiary/aromatic N) is 1. The number of carbonyl (C=O) groups excluding carboxylic acids is 1. The highest BCUT2D eigenvalue weighted by Crippen LogP contribution is 2.13. The van der Waals surface area contributed by atoms with Crippen LogP contribution in [0.4, 0.5) is 0 Å². The summed E-state index contributed by atoms with van der Waals surface area (Å²) in [5.74, 6) is -0.0510. The summed E-state index contributed by atoms with van der Waals surface area (Å²) < 4.78 is 0. The molecule has 0 bridgehead atoms. The van der Waals surface area contributed by atoms with E-state index in [2.05, 4.69) is 6.58 Å². The molecule has 0 saturated heterocycles. The highest BCUT2D eigenvalue weighted by Gasteiger charge is 2.17. The lowest BCUT2D eigenvalue weighted by atomic mass is 10.3. The first-order valence-electron chi connectivity index (χ1n) is 4.71. The van der Waals surface area contributed by atoms with Gasteiger partial charge in [0.15, 0.2) is 0 Å². The molecule has 2 nitrogen and oxygen atoms in total. The molecule has 1 atom stereocenters. The van der Waals surface area contributed by atoms with Gasteiger partial charge < -0.3 is 4.90 Å². The molecule has 15 heavy (non-hydrogen) atoms. The molecule has 1 amide bonds. The summed E-state index contributed by atoms with van der Waals surface area (Å²) in [5.41, 5.74) is 0. The monoisotopic (exact) mass is 243 g/mol. The maximum absolute atomic E-state index is 11.7. The van der Waals surface area contributed by atoms with Crippen LogP contribution in [0.3, 0.4) is 0 Å². The number of carbonyl (C=O) groups is 1. The molecule has 0 aliphatic carbocycles. The second kappa shape index (κ2) is 5.93. The molecule has 0 aromatic carbocycles. The van der Waals surface area contributed by atoms with Crippen LogP contribution in [0.5, 0.6) is 0 Å². The van der Waals surface area contributed by atoms with E-state index in [1.807, 2.05) is 17.5 Å². The fourth-order valence-electron chi connectivity index (χ4n) is 1.23. The minimum Gasteiger partial charge on any atom is -0.333 e. The first-order chi connectivity index (χ1) is 7.15. The number of halogens is 1. The van der Waals surface area contributed by atoms with Crippen molar-refractivity contribution in [1.82, 2.24) is 4.90 Å². The average Bonchev–Trinajstić information content (AvgIpc) is 2.68. The Labute approximate surface area is 99.2 Å². The Bertz CT molecular complexity index is 321. The highest BCUT2D eigenvalue weighted by molar-refractivity contribution is 7.09. The first-order valence-corrected chi connectivity index (χ1v) is 6.03. The molecule has 1 aromatic rings. The molecule has 82 valence electrons. The Kier molecular flexibility index (Phi) is 4.85. The molecule has 0 spiro atoms. The van der Waals surface area contributed by atoms with Gasteiger partial charge in [-0.1, -0.05) is 12.1 Å². The van der Waals surface area contributed by atoms with Crippen LogP contribution in [0, 0.1) is 0 Å². The summed E-state index contributed by atoms with van der Waals surface area (Å²) in [5, 5.41) is 1.51. The Morgan fingerprint density at radius 3 is 3.00 bits per heavy atom. The fourth-order valence-corrected chi connectivity index (χ4v) is 2.09. The maximum atomic E-state index is 11.7. The van der Waals surface area contributed by atoms with Crippen LogP contribution < -0.4 is 0 Å².